The number of rotatable bonds is 6. The molecule has 4 heterocycles. The Balaban J connectivity index is 1.38. The number of ether oxygens (including phenoxy) is 1. The number of hydrogen-bond donors (Lipinski definition) is 2. The number of aliphatic hydroxyl groups excluding tert-OH is 1. The molecular weight excluding hydrogens is 436 g/mol. The van der Waals surface area contributed by atoms with Gasteiger partial charge >= 0.3 is 0 Å². The van der Waals surface area contributed by atoms with E-state index in [9.17, 15) is 5.11 Å². The number of morpholine rings is 1. The maximum atomic E-state index is 9.84. The van der Waals surface area contributed by atoms with Gasteiger partial charge in [0.05, 0.1) is 29.7 Å². The summed E-state index contributed by atoms with van der Waals surface area (Å²) in [7, 11) is 0. The van der Waals surface area contributed by atoms with Crippen molar-refractivity contribution in [1.29, 1.82) is 0 Å². The predicted octanol–water partition coefficient (Wildman–Crippen LogP) is 3.40. The lowest BCUT2D eigenvalue weighted by Crippen LogP contribution is -2.45. The Morgan fingerprint density at radius 1 is 1.09 bits per heavy atom. The smallest absolute Gasteiger partial charge is 0.223 e. The van der Waals surface area contributed by atoms with Crippen molar-refractivity contribution < 1.29 is 9.84 Å². The van der Waals surface area contributed by atoms with Gasteiger partial charge in [-0.25, -0.2) is 19.9 Å². The molecule has 3 aromatic rings. The van der Waals surface area contributed by atoms with E-state index in [1.807, 2.05) is 12.1 Å². The fraction of sp³-hybridized carbons (Fsp3) is 0.583. The van der Waals surface area contributed by atoms with E-state index in [-0.39, 0.29) is 18.3 Å². The first-order chi connectivity index (χ1) is 16.0. The predicted molar refractivity (Wildman–Crippen MR) is 129 cm³/mol. The third-order valence-corrected chi connectivity index (χ3v) is 7.27. The van der Waals surface area contributed by atoms with Gasteiger partial charge in [-0.15, -0.1) is 0 Å². The number of nitrogens with one attached hydrogen (secondary N) is 1. The molecule has 5 rings (SSSR count). The fourth-order valence-electron chi connectivity index (χ4n) is 4.88. The highest BCUT2D eigenvalue weighted by molar-refractivity contribution is 7.18. The molecule has 2 aliphatic rings. The van der Waals surface area contributed by atoms with Gasteiger partial charge in [0.25, 0.3) is 0 Å². The minimum Gasteiger partial charge on any atom is -0.393 e. The van der Waals surface area contributed by atoms with Crippen LogP contribution in [0.2, 0.25) is 0 Å². The quantitative estimate of drug-likeness (QED) is 0.568. The molecule has 3 aromatic heterocycles. The van der Waals surface area contributed by atoms with E-state index in [1.54, 1.807) is 17.5 Å². The number of pyridine rings is 1. The Morgan fingerprint density at radius 3 is 2.61 bits per heavy atom. The lowest BCUT2D eigenvalue weighted by Gasteiger charge is -2.35. The summed E-state index contributed by atoms with van der Waals surface area (Å²) in [5.41, 5.74) is 2.91. The summed E-state index contributed by atoms with van der Waals surface area (Å²) in [6.07, 6.45) is 6.25. The van der Waals surface area contributed by atoms with Crippen molar-refractivity contribution >= 4 is 27.6 Å². The fourth-order valence-corrected chi connectivity index (χ4v) is 5.80. The van der Waals surface area contributed by atoms with Crippen molar-refractivity contribution in [3.05, 3.63) is 40.8 Å². The van der Waals surface area contributed by atoms with Crippen LogP contribution in [-0.4, -0.2) is 67.4 Å². The molecule has 8 nitrogen and oxygen atoms in total. The maximum absolute atomic E-state index is 9.84. The lowest BCUT2D eigenvalue weighted by atomic mass is 9.93. The first kappa shape index (κ1) is 22.6. The van der Waals surface area contributed by atoms with E-state index in [0.29, 0.717) is 18.4 Å². The normalized spacial score (nSPS) is 26.5. The molecule has 0 amide bonds. The van der Waals surface area contributed by atoms with Crippen LogP contribution in [0.4, 0.5) is 5.95 Å². The van der Waals surface area contributed by atoms with E-state index in [2.05, 4.69) is 35.1 Å². The molecule has 0 aromatic carbocycles. The summed E-state index contributed by atoms with van der Waals surface area (Å²) in [5, 5.41) is 14.4. The highest BCUT2D eigenvalue weighted by Gasteiger charge is 2.24. The van der Waals surface area contributed by atoms with Gasteiger partial charge in [-0.05, 0) is 57.7 Å². The molecule has 0 unspecified atom stereocenters. The van der Waals surface area contributed by atoms with Crippen LogP contribution >= 0.6 is 11.3 Å². The zero-order valence-corrected chi connectivity index (χ0v) is 20.1. The summed E-state index contributed by atoms with van der Waals surface area (Å²) in [5.74, 6) is 0.678. The number of aromatic nitrogens is 4. The number of fused-ring (bicyclic) bond motifs is 1. The Hall–Kier alpha value is -2.20. The summed E-state index contributed by atoms with van der Waals surface area (Å²) in [6.45, 7) is 6.82. The van der Waals surface area contributed by atoms with Crippen LogP contribution in [0, 0.1) is 0 Å². The Kier molecular flexibility index (Phi) is 6.82. The second kappa shape index (κ2) is 9.97. The van der Waals surface area contributed by atoms with E-state index in [4.69, 9.17) is 19.7 Å². The Labute approximate surface area is 198 Å². The van der Waals surface area contributed by atoms with Gasteiger partial charge in [-0.1, -0.05) is 11.3 Å². The highest BCUT2D eigenvalue weighted by atomic mass is 32.1. The van der Waals surface area contributed by atoms with Gasteiger partial charge in [0.1, 0.15) is 15.4 Å². The molecular formula is C24H32N6O2S. The van der Waals surface area contributed by atoms with Crippen LogP contribution in [0.1, 0.15) is 55.9 Å². The molecule has 1 aliphatic heterocycles. The van der Waals surface area contributed by atoms with Gasteiger partial charge in [-0.2, -0.15) is 0 Å². The average Bonchev–Trinajstić information content (AvgIpc) is 3.17. The van der Waals surface area contributed by atoms with Crippen molar-refractivity contribution in [3.8, 4) is 0 Å². The molecule has 1 aliphatic carbocycles. The molecule has 1 saturated carbocycles. The summed E-state index contributed by atoms with van der Waals surface area (Å²) >= 11 is 1.62. The zero-order valence-electron chi connectivity index (χ0n) is 19.3. The van der Waals surface area contributed by atoms with E-state index < -0.39 is 0 Å². The van der Waals surface area contributed by atoms with Gasteiger partial charge in [0.15, 0.2) is 0 Å². The van der Waals surface area contributed by atoms with Crippen molar-refractivity contribution in [2.75, 3.05) is 18.4 Å². The molecule has 1 saturated heterocycles. The molecule has 0 bridgehead atoms. The number of hydrogen-bond acceptors (Lipinski definition) is 9. The monoisotopic (exact) mass is 468 g/mol. The van der Waals surface area contributed by atoms with Crippen molar-refractivity contribution in [2.24, 2.45) is 0 Å². The van der Waals surface area contributed by atoms with E-state index in [0.717, 1.165) is 72.1 Å². The number of anilines is 1. The van der Waals surface area contributed by atoms with Crippen LogP contribution in [-0.2, 0) is 17.7 Å². The molecule has 0 spiro atoms. The third kappa shape index (κ3) is 5.84. The number of nitrogens with zero attached hydrogens (tertiary/aromatic N) is 5. The zero-order chi connectivity index (χ0) is 22.8. The standard InChI is InChI=1S/C24H32N6O2S/c1-15-12-30(13-16(2)32-15)14-19-10-18(11-22-29-21-4-3-9-25-23(21)33-22)27-24(28-19)26-17-5-7-20(31)8-6-17/h3-4,9-10,15-17,20,31H,5-8,11-14H2,1-2H3,(H,26,27,28)/t15-,16+,17?,20?. The summed E-state index contributed by atoms with van der Waals surface area (Å²) < 4.78 is 5.90. The molecule has 2 atom stereocenters. The maximum Gasteiger partial charge on any atom is 0.223 e. The summed E-state index contributed by atoms with van der Waals surface area (Å²) in [6, 6.07) is 6.33. The summed E-state index contributed by atoms with van der Waals surface area (Å²) in [4.78, 5) is 22.3. The Bertz CT molecular complexity index is 1040. The Morgan fingerprint density at radius 2 is 1.85 bits per heavy atom. The van der Waals surface area contributed by atoms with E-state index in [1.165, 1.54) is 0 Å². The first-order valence-electron chi connectivity index (χ1n) is 11.9. The molecule has 33 heavy (non-hydrogen) atoms. The number of aliphatic hydroxyl groups is 1. The topological polar surface area (TPSA) is 96.3 Å². The van der Waals surface area contributed by atoms with Gasteiger partial charge in [-0.3, -0.25) is 4.90 Å². The van der Waals surface area contributed by atoms with Crippen molar-refractivity contribution in [1.82, 2.24) is 24.8 Å². The van der Waals surface area contributed by atoms with Gasteiger partial charge in [0.2, 0.25) is 5.95 Å². The largest absolute Gasteiger partial charge is 0.393 e. The molecule has 0 radical (unpaired) electrons. The minimum absolute atomic E-state index is 0.177. The first-order valence-corrected chi connectivity index (χ1v) is 12.7. The van der Waals surface area contributed by atoms with Gasteiger partial charge in [0, 0.05) is 38.3 Å². The van der Waals surface area contributed by atoms with Gasteiger partial charge < -0.3 is 15.2 Å². The molecule has 2 N–H and O–H groups in total. The average molecular weight is 469 g/mol. The number of thiazole rings is 1. The van der Waals surface area contributed by atoms with Crippen molar-refractivity contribution in [3.63, 3.8) is 0 Å². The van der Waals surface area contributed by atoms with Crippen LogP contribution in [0.25, 0.3) is 10.3 Å². The molecule has 9 heteroatoms. The third-order valence-electron chi connectivity index (χ3n) is 6.29. The van der Waals surface area contributed by atoms with Crippen LogP contribution in [0.15, 0.2) is 24.4 Å². The van der Waals surface area contributed by atoms with E-state index >= 15 is 0 Å². The second-order valence-corrected chi connectivity index (χ2v) is 10.4. The SMILES string of the molecule is C[C@@H]1CN(Cc2cc(Cc3nc4cccnc4s3)nc(NC3CCC(O)CC3)n2)C[C@H](C)O1. The lowest BCUT2D eigenvalue weighted by molar-refractivity contribution is -0.0707. The van der Waals surface area contributed by atoms with Crippen LogP contribution < -0.4 is 5.32 Å². The van der Waals surface area contributed by atoms with Crippen LogP contribution in [0.3, 0.4) is 0 Å². The highest BCUT2D eigenvalue weighted by Crippen LogP contribution is 2.24. The van der Waals surface area contributed by atoms with Crippen molar-refractivity contribution in [2.45, 2.75) is 76.9 Å². The molecule has 176 valence electrons. The minimum atomic E-state index is -0.177. The van der Waals surface area contributed by atoms with Crippen LogP contribution in [0.5, 0.6) is 0 Å². The second-order valence-electron chi connectivity index (χ2n) is 9.39. The molecule has 2 fully saturated rings.